The lowest BCUT2D eigenvalue weighted by molar-refractivity contribution is 0.375. The molecule has 0 spiro atoms. The van der Waals surface area contributed by atoms with Crippen LogP contribution in [0.15, 0.2) is 15.5 Å². The highest BCUT2D eigenvalue weighted by atomic mass is 79.9. The molecular formula is C14H21BrN4O. The maximum atomic E-state index is 12.0. The molecule has 3 rings (SSSR count). The van der Waals surface area contributed by atoms with Crippen molar-refractivity contribution in [1.29, 1.82) is 0 Å². The van der Waals surface area contributed by atoms with E-state index in [1.54, 1.807) is 7.05 Å². The Morgan fingerprint density at radius 2 is 2.30 bits per heavy atom. The summed E-state index contributed by atoms with van der Waals surface area (Å²) in [4.78, 5) is 14.4. The molecule has 1 aliphatic carbocycles. The number of hydrogen-bond donors (Lipinski definition) is 1. The van der Waals surface area contributed by atoms with Crippen molar-refractivity contribution < 1.29 is 0 Å². The van der Waals surface area contributed by atoms with Crippen LogP contribution in [0.5, 0.6) is 0 Å². The van der Waals surface area contributed by atoms with Gasteiger partial charge in [-0.1, -0.05) is 0 Å². The second-order valence-corrected chi connectivity index (χ2v) is 6.66. The van der Waals surface area contributed by atoms with Crippen LogP contribution in [-0.2, 0) is 7.05 Å². The molecule has 1 unspecified atom stereocenters. The third-order valence-corrected chi connectivity index (χ3v) is 4.96. The molecule has 1 saturated carbocycles. The number of anilines is 1. The van der Waals surface area contributed by atoms with E-state index in [1.807, 2.05) is 6.20 Å². The first-order valence-electron chi connectivity index (χ1n) is 7.36. The topological polar surface area (TPSA) is 50.2 Å². The lowest BCUT2D eigenvalue weighted by atomic mass is 9.99. The van der Waals surface area contributed by atoms with Gasteiger partial charge in [0, 0.05) is 19.6 Å². The Balaban J connectivity index is 1.83. The number of aromatic nitrogens is 2. The molecule has 1 aliphatic heterocycles. The van der Waals surface area contributed by atoms with Crippen molar-refractivity contribution in [1.82, 2.24) is 15.1 Å². The number of piperidine rings is 1. The molecule has 1 atom stereocenters. The molecule has 1 aromatic heterocycles. The molecule has 110 valence electrons. The zero-order valence-electron chi connectivity index (χ0n) is 11.8. The SMILES string of the molecule is Cn1ncc(N(CC2CCCNC2)C2CC2)c(Br)c1=O. The number of nitrogens with zero attached hydrogens (tertiary/aromatic N) is 3. The summed E-state index contributed by atoms with van der Waals surface area (Å²) >= 11 is 3.46. The average molecular weight is 341 g/mol. The van der Waals surface area contributed by atoms with E-state index in [0.717, 1.165) is 25.3 Å². The Labute approximate surface area is 127 Å². The number of halogens is 1. The minimum Gasteiger partial charge on any atom is -0.366 e. The van der Waals surface area contributed by atoms with Crippen molar-refractivity contribution in [3.63, 3.8) is 0 Å². The fraction of sp³-hybridized carbons (Fsp3) is 0.714. The van der Waals surface area contributed by atoms with Crippen molar-refractivity contribution in [2.24, 2.45) is 13.0 Å². The number of hydrogen-bond acceptors (Lipinski definition) is 4. The first-order chi connectivity index (χ1) is 9.66. The van der Waals surface area contributed by atoms with Crippen LogP contribution in [0.4, 0.5) is 5.69 Å². The summed E-state index contributed by atoms with van der Waals surface area (Å²) in [6.45, 7) is 3.24. The zero-order valence-corrected chi connectivity index (χ0v) is 13.4. The van der Waals surface area contributed by atoms with Crippen molar-refractivity contribution in [3.8, 4) is 0 Å². The van der Waals surface area contributed by atoms with Gasteiger partial charge in [-0.25, -0.2) is 4.68 Å². The highest BCUT2D eigenvalue weighted by molar-refractivity contribution is 9.10. The van der Waals surface area contributed by atoms with E-state index in [9.17, 15) is 4.79 Å². The van der Waals surface area contributed by atoms with Gasteiger partial charge in [0.1, 0.15) is 4.47 Å². The number of rotatable bonds is 4. The molecule has 0 aromatic carbocycles. The van der Waals surface area contributed by atoms with Gasteiger partial charge in [0.25, 0.3) is 5.56 Å². The fourth-order valence-corrected chi connectivity index (χ4v) is 3.48. The molecule has 5 nitrogen and oxygen atoms in total. The molecule has 0 amide bonds. The lowest BCUT2D eigenvalue weighted by Crippen LogP contribution is -2.40. The first-order valence-corrected chi connectivity index (χ1v) is 8.15. The van der Waals surface area contributed by atoms with Crippen molar-refractivity contribution in [2.75, 3.05) is 24.5 Å². The Bertz CT molecular complexity index is 534. The smallest absolute Gasteiger partial charge is 0.282 e. The van der Waals surface area contributed by atoms with Crippen molar-refractivity contribution in [3.05, 3.63) is 21.0 Å². The van der Waals surface area contributed by atoms with E-state index < -0.39 is 0 Å². The molecule has 0 radical (unpaired) electrons. The summed E-state index contributed by atoms with van der Waals surface area (Å²) in [5.41, 5.74) is 0.899. The molecule has 2 aliphatic rings. The fourth-order valence-electron chi connectivity index (χ4n) is 2.89. The predicted octanol–water partition coefficient (Wildman–Crippen LogP) is 1.51. The number of aryl methyl sites for hydroxylation is 1. The van der Waals surface area contributed by atoms with Crippen molar-refractivity contribution >= 4 is 21.6 Å². The van der Waals surface area contributed by atoms with Gasteiger partial charge in [0.05, 0.1) is 11.9 Å². The van der Waals surface area contributed by atoms with Crippen LogP contribution >= 0.6 is 15.9 Å². The molecule has 2 heterocycles. The normalized spacial score (nSPS) is 22.8. The quantitative estimate of drug-likeness (QED) is 0.902. The Hall–Kier alpha value is -0.880. The van der Waals surface area contributed by atoms with Crippen LogP contribution in [-0.4, -0.2) is 35.5 Å². The van der Waals surface area contributed by atoms with Gasteiger partial charge >= 0.3 is 0 Å². The second kappa shape index (κ2) is 5.85. The van der Waals surface area contributed by atoms with E-state index in [4.69, 9.17) is 0 Å². The molecule has 20 heavy (non-hydrogen) atoms. The van der Waals surface area contributed by atoms with Gasteiger partial charge in [0.15, 0.2) is 0 Å². The third-order valence-electron chi connectivity index (χ3n) is 4.21. The molecule has 1 aromatic rings. The van der Waals surface area contributed by atoms with Crippen LogP contribution in [0.3, 0.4) is 0 Å². The molecular weight excluding hydrogens is 320 g/mol. The second-order valence-electron chi connectivity index (χ2n) is 5.87. The van der Waals surface area contributed by atoms with Gasteiger partial charge in [0.2, 0.25) is 0 Å². The molecule has 1 N–H and O–H groups in total. The van der Waals surface area contributed by atoms with Crippen LogP contribution in [0.25, 0.3) is 0 Å². The van der Waals surface area contributed by atoms with Crippen LogP contribution in [0.1, 0.15) is 25.7 Å². The van der Waals surface area contributed by atoms with Crippen molar-refractivity contribution in [2.45, 2.75) is 31.7 Å². The van der Waals surface area contributed by atoms with E-state index in [2.05, 4.69) is 31.2 Å². The number of nitrogens with one attached hydrogen (secondary N) is 1. The summed E-state index contributed by atoms with van der Waals surface area (Å²) in [6, 6.07) is 0.585. The van der Waals surface area contributed by atoms with Crippen LogP contribution in [0.2, 0.25) is 0 Å². The van der Waals surface area contributed by atoms with Gasteiger partial charge in [-0.3, -0.25) is 4.79 Å². The van der Waals surface area contributed by atoms with E-state index in [0.29, 0.717) is 16.4 Å². The first kappa shape index (κ1) is 14.1. The minimum absolute atomic E-state index is 0.0603. The maximum absolute atomic E-state index is 12.0. The summed E-state index contributed by atoms with van der Waals surface area (Å²) in [6.07, 6.45) is 6.79. The molecule has 0 bridgehead atoms. The maximum Gasteiger partial charge on any atom is 0.282 e. The Morgan fingerprint density at radius 3 is 2.95 bits per heavy atom. The standard InChI is InChI=1S/C14H21BrN4O/c1-18-14(20)13(15)12(8-17-18)19(11-4-5-11)9-10-3-2-6-16-7-10/h8,10-11,16H,2-7,9H2,1H3. The largest absolute Gasteiger partial charge is 0.366 e. The average Bonchev–Trinajstić information content (AvgIpc) is 3.29. The van der Waals surface area contributed by atoms with Crippen LogP contribution < -0.4 is 15.8 Å². The Morgan fingerprint density at radius 1 is 1.50 bits per heavy atom. The van der Waals surface area contributed by atoms with E-state index in [1.165, 1.54) is 30.4 Å². The minimum atomic E-state index is -0.0603. The molecule has 2 fully saturated rings. The summed E-state index contributed by atoms with van der Waals surface area (Å²) < 4.78 is 2.02. The zero-order chi connectivity index (χ0) is 14.1. The van der Waals surface area contributed by atoms with Gasteiger partial charge in [-0.15, -0.1) is 0 Å². The van der Waals surface area contributed by atoms with Gasteiger partial charge in [-0.05, 0) is 60.6 Å². The van der Waals surface area contributed by atoms with Gasteiger partial charge < -0.3 is 10.2 Å². The summed E-state index contributed by atoms with van der Waals surface area (Å²) in [5.74, 6) is 0.667. The lowest BCUT2D eigenvalue weighted by Gasteiger charge is -2.32. The van der Waals surface area contributed by atoms with Gasteiger partial charge in [-0.2, -0.15) is 5.10 Å². The highest BCUT2D eigenvalue weighted by Gasteiger charge is 2.33. The highest BCUT2D eigenvalue weighted by Crippen LogP contribution is 2.35. The molecule has 1 saturated heterocycles. The summed E-state index contributed by atoms with van der Waals surface area (Å²) in [5, 5.41) is 7.65. The third kappa shape index (κ3) is 2.91. The predicted molar refractivity (Wildman–Crippen MR) is 83.1 cm³/mol. The van der Waals surface area contributed by atoms with Crippen LogP contribution in [0, 0.1) is 5.92 Å². The van der Waals surface area contributed by atoms with E-state index in [-0.39, 0.29) is 5.56 Å². The Kier molecular flexibility index (Phi) is 4.12. The monoisotopic (exact) mass is 340 g/mol. The molecule has 6 heteroatoms. The summed E-state index contributed by atoms with van der Waals surface area (Å²) in [7, 11) is 1.68. The van der Waals surface area contributed by atoms with E-state index >= 15 is 0 Å².